The van der Waals surface area contributed by atoms with Crippen LogP contribution in [0.25, 0.3) is 6.08 Å². The minimum absolute atomic E-state index is 0.0502. The van der Waals surface area contributed by atoms with E-state index in [2.05, 4.69) is 4.74 Å². The molecule has 1 aliphatic rings. The zero-order chi connectivity index (χ0) is 19.2. The van der Waals surface area contributed by atoms with Gasteiger partial charge in [-0.1, -0.05) is 6.07 Å². The van der Waals surface area contributed by atoms with Crippen molar-refractivity contribution in [2.75, 3.05) is 26.8 Å². The number of aryl methyl sites for hydroxylation is 1. The van der Waals surface area contributed by atoms with Crippen LogP contribution in [0.2, 0.25) is 0 Å². The highest BCUT2D eigenvalue weighted by Gasteiger charge is 2.28. The third-order valence-corrected chi connectivity index (χ3v) is 6.02. The Morgan fingerprint density at radius 3 is 2.73 bits per heavy atom. The van der Waals surface area contributed by atoms with Gasteiger partial charge in [0, 0.05) is 26.6 Å². The summed E-state index contributed by atoms with van der Waals surface area (Å²) in [6.07, 6.45) is 2.29. The van der Waals surface area contributed by atoms with Crippen molar-refractivity contribution in [1.82, 2.24) is 4.31 Å². The Labute approximate surface area is 151 Å². The monoisotopic (exact) mass is 386 g/mol. The van der Waals surface area contributed by atoms with Crippen LogP contribution in [0, 0.1) is 11.3 Å². The van der Waals surface area contributed by atoms with Gasteiger partial charge in [-0.15, -0.1) is 0 Å². The predicted molar refractivity (Wildman–Crippen MR) is 92.0 cm³/mol. The van der Waals surface area contributed by atoms with Crippen molar-refractivity contribution >= 4 is 16.1 Å². The number of allylic oxidation sites excluding steroid dienone is 1. The highest BCUT2D eigenvalue weighted by Crippen LogP contribution is 2.31. The van der Waals surface area contributed by atoms with Crippen LogP contribution in [0.15, 0.2) is 23.1 Å². The number of nitrogens with zero attached hydrogens (tertiary/aromatic N) is 2. The van der Waals surface area contributed by atoms with Gasteiger partial charge < -0.3 is 9.47 Å². The zero-order valence-corrected chi connectivity index (χ0v) is 15.1. The van der Waals surface area contributed by atoms with Gasteiger partial charge in [-0.3, -0.25) is 0 Å². The smallest absolute Gasteiger partial charge is 0.387 e. The Morgan fingerprint density at radius 1 is 1.31 bits per heavy atom. The number of fused-ring (bicyclic) bond motifs is 1. The van der Waals surface area contributed by atoms with Crippen molar-refractivity contribution < 1.29 is 26.7 Å². The summed E-state index contributed by atoms with van der Waals surface area (Å²) < 4.78 is 61.0. The second kappa shape index (κ2) is 9.07. The van der Waals surface area contributed by atoms with Crippen molar-refractivity contribution in [1.29, 1.82) is 5.26 Å². The molecule has 0 heterocycles. The van der Waals surface area contributed by atoms with E-state index in [-0.39, 0.29) is 43.2 Å². The maximum Gasteiger partial charge on any atom is 0.387 e. The summed E-state index contributed by atoms with van der Waals surface area (Å²) in [6.45, 7) is -2.43. The fraction of sp³-hybridized carbons (Fsp3) is 0.471. The molecule has 1 aromatic carbocycles. The molecule has 0 unspecified atom stereocenters. The summed E-state index contributed by atoms with van der Waals surface area (Å²) >= 11 is 0. The highest BCUT2D eigenvalue weighted by molar-refractivity contribution is 7.93. The Morgan fingerprint density at radius 2 is 2.08 bits per heavy atom. The summed E-state index contributed by atoms with van der Waals surface area (Å²) in [5.41, 5.74) is 1.41. The number of hydrogen-bond donors (Lipinski definition) is 0. The first-order chi connectivity index (χ1) is 12.4. The first-order valence-corrected chi connectivity index (χ1v) is 9.47. The fourth-order valence-electron chi connectivity index (χ4n) is 2.71. The SMILES string of the molecule is COCCN(CCC#N)S(=O)(=O)C1=Cc2ccc(OC(F)F)cc2CC1. The summed E-state index contributed by atoms with van der Waals surface area (Å²) in [7, 11) is -2.25. The topological polar surface area (TPSA) is 79.6 Å². The lowest BCUT2D eigenvalue weighted by Crippen LogP contribution is -2.36. The molecule has 2 rings (SSSR count). The summed E-state index contributed by atoms with van der Waals surface area (Å²) in [5, 5.41) is 8.75. The minimum Gasteiger partial charge on any atom is -0.435 e. The molecule has 0 fully saturated rings. The molecular formula is C17H20F2N2O4S. The second-order valence-electron chi connectivity index (χ2n) is 5.65. The molecule has 0 aromatic heterocycles. The summed E-state index contributed by atoms with van der Waals surface area (Å²) in [5.74, 6) is 0.0502. The standard InChI is InChI=1S/C17H20F2N2O4S/c1-24-10-9-21(8-2-7-20)26(22,23)16-6-4-13-11-15(25-17(18)19)5-3-14(13)12-16/h3,5,11-12,17H,2,4,6,8-10H2,1H3. The van der Waals surface area contributed by atoms with Crippen LogP contribution in [-0.4, -0.2) is 46.1 Å². The van der Waals surface area contributed by atoms with Gasteiger partial charge in [-0.2, -0.15) is 18.3 Å². The van der Waals surface area contributed by atoms with E-state index in [0.29, 0.717) is 12.0 Å². The first-order valence-electron chi connectivity index (χ1n) is 8.03. The van der Waals surface area contributed by atoms with Crippen LogP contribution in [0.5, 0.6) is 5.75 Å². The molecule has 0 N–H and O–H groups in total. The molecule has 0 spiro atoms. The average Bonchev–Trinajstić information content (AvgIpc) is 2.60. The number of halogens is 2. The summed E-state index contributed by atoms with van der Waals surface area (Å²) in [6, 6.07) is 6.40. The molecular weight excluding hydrogens is 366 g/mol. The van der Waals surface area contributed by atoms with E-state index in [1.165, 1.54) is 23.5 Å². The molecule has 0 atom stereocenters. The molecule has 0 saturated heterocycles. The number of sulfonamides is 1. The lowest BCUT2D eigenvalue weighted by Gasteiger charge is -2.25. The first kappa shape index (κ1) is 20.3. The van der Waals surface area contributed by atoms with Gasteiger partial charge >= 0.3 is 6.61 Å². The fourth-order valence-corrected chi connectivity index (χ4v) is 4.32. The second-order valence-corrected chi connectivity index (χ2v) is 7.65. The number of rotatable bonds is 9. The number of ether oxygens (including phenoxy) is 2. The third kappa shape index (κ3) is 5.00. The Bertz CT molecular complexity index is 803. The number of hydrogen-bond acceptors (Lipinski definition) is 5. The van der Waals surface area contributed by atoms with Crippen molar-refractivity contribution in [3.63, 3.8) is 0 Å². The van der Waals surface area contributed by atoms with Crippen LogP contribution in [0.4, 0.5) is 8.78 Å². The van der Waals surface area contributed by atoms with E-state index in [1.54, 1.807) is 12.1 Å². The Hall–Kier alpha value is -2.02. The predicted octanol–water partition coefficient (Wildman–Crippen LogP) is 2.77. The van der Waals surface area contributed by atoms with Crippen molar-refractivity contribution in [2.24, 2.45) is 0 Å². The Kier molecular flexibility index (Phi) is 7.08. The van der Waals surface area contributed by atoms with Gasteiger partial charge in [0.15, 0.2) is 0 Å². The average molecular weight is 386 g/mol. The third-order valence-electron chi connectivity index (χ3n) is 3.99. The van der Waals surface area contributed by atoms with Crippen molar-refractivity contribution in [3.05, 3.63) is 34.2 Å². The van der Waals surface area contributed by atoms with Crippen LogP contribution in [-0.2, 0) is 21.2 Å². The molecule has 1 aliphatic carbocycles. The van der Waals surface area contributed by atoms with Gasteiger partial charge in [0.1, 0.15) is 5.75 Å². The zero-order valence-electron chi connectivity index (χ0n) is 14.3. The number of nitriles is 1. The lowest BCUT2D eigenvalue weighted by molar-refractivity contribution is -0.0498. The van der Waals surface area contributed by atoms with Crippen LogP contribution in [0.3, 0.4) is 0 Å². The molecule has 6 nitrogen and oxygen atoms in total. The lowest BCUT2D eigenvalue weighted by atomic mass is 9.97. The number of alkyl halides is 2. The maximum absolute atomic E-state index is 12.9. The van der Waals surface area contributed by atoms with Gasteiger partial charge in [0.2, 0.25) is 10.0 Å². The normalized spacial score (nSPS) is 14.1. The highest BCUT2D eigenvalue weighted by atomic mass is 32.2. The summed E-state index contributed by atoms with van der Waals surface area (Å²) in [4.78, 5) is 0.238. The van der Waals surface area contributed by atoms with Gasteiger partial charge in [0.25, 0.3) is 0 Å². The van der Waals surface area contributed by atoms with Crippen LogP contribution < -0.4 is 4.74 Å². The van der Waals surface area contributed by atoms with Gasteiger partial charge in [-0.05, 0) is 42.2 Å². The van der Waals surface area contributed by atoms with E-state index in [0.717, 1.165) is 5.56 Å². The minimum atomic E-state index is -3.73. The maximum atomic E-state index is 12.9. The number of methoxy groups -OCH3 is 1. The molecule has 1 aromatic rings. The molecule has 0 bridgehead atoms. The molecule has 0 saturated carbocycles. The number of benzene rings is 1. The van der Waals surface area contributed by atoms with Crippen LogP contribution in [0.1, 0.15) is 24.0 Å². The van der Waals surface area contributed by atoms with E-state index in [9.17, 15) is 17.2 Å². The van der Waals surface area contributed by atoms with E-state index >= 15 is 0 Å². The van der Waals surface area contributed by atoms with E-state index in [1.807, 2.05) is 6.07 Å². The van der Waals surface area contributed by atoms with E-state index in [4.69, 9.17) is 10.00 Å². The molecule has 142 valence electrons. The largest absolute Gasteiger partial charge is 0.435 e. The molecule has 0 amide bonds. The van der Waals surface area contributed by atoms with Gasteiger partial charge in [0.05, 0.1) is 17.6 Å². The van der Waals surface area contributed by atoms with E-state index < -0.39 is 16.6 Å². The molecule has 0 aliphatic heterocycles. The molecule has 0 radical (unpaired) electrons. The molecule has 9 heteroatoms. The van der Waals surface area contributed by atoms with Crippen molar-refractivity contribution in [2.45, 2.75) is 25.9 Å². The van der Waals surface area contributed by atoms with Crippen LogP contribution >= 0.6 is 0 Å². The van der Waals surface area contributed by atoms with Crippen molar-refractivity contribution in [3.8, 4) is 11.8 Å². The Balaban J connectivity index is 2.27. The molecule has 26 heavy (non-hydrogen) atoms. The quantitative estimate of drug-likeness (QED) is 0.652. The van der Waals surface area contributed by atoms with Gasteiger partial charge in [-0.25, -0.2) is 8.42 Å².